The van der Waals surface area contributed by atoms with Crippen LogP contribution in [0, 0.1) is 0 Å². The maximum absolute atomic E-state index is 6.02. The molecule has 0 amide bonds. The molecule has 0 aromatic heterocycles. The van der Waals surface area contributed by atoms with Gasteiger partial charge in [-0.25, -0.2) is 0 Å². The van der Waals surface area contributed by atoms with Gasteiger partial charge in [0, 0.05) is 4.50 Å². The average molecular weight is 171 g/mol. The van der Waals surface area contributed by atoms with Gasteiger partial charge in [0.25, 0.3) is 0 Å². The van der Waals surface area contributed by atoms with Crippen molar-refractivity contribution >= 4 is 30.1 Å². The van der Waals surface area contributed by atoms with Gasteiger partial charge in [0.2, 0.25) is 0 Å². The minimum atomic E-state index is -1.62. The fraction of sp³-hybridized carbons (Fsp3) is 1.00. The largest absolute Gasteiger partial charge is 0.170 e. The lowest BCUT2D eigenvalue weighted by Gasteiger charge is -2.27. The van der Waals surface area contributed by atoms with Gasteiger partial charge in [-0.3, -0.25) is 0 Å². The van der Waals surface area contributed by atoms with Crippen molar-refractivity contribution in [3.8, 4) is 0 Å². The second kappa shape index (κ2) is 2.20. The van der Waals surface area contributed by atoms with Crippen molar-refractivity contribution in [2.45, 2.75) is 31.4 Å². The lowest BCUT2D eigenvalue weighted by molar-refractivity contribution is 0.951. The van der Waals surface area contributed by atoms with E-state index in [-0.39, 0.29) is 4.50 Å². The summed E-state index contributed by atoms with van der Waals surface area (Å²) in [7, 11) is -1.62. The van der Waals surface area contributed by atoms with Gasteiger partial charge < -0.3 is 0 Å². The molecule has 0 saturated carbocycles. The maximum Gasteiger partial charge on any atom is 0.170 e. The molecular weight excluding hydrogens is 159 g/mol. The Balaban J connectivity index is 4.02. The van der Waals surface area contributed by atoms with E-state index in [1.807, 2.05) is 26.9 Å². The zero-order chi connectivity index (χ0) is 7.00. The summed E-state index contributed by atoms with van der Waals surface area (Å²) >= 11 is 12.0. The van der Waals surface area contributed by atoms with Crippen LogP contribution in [0.5, 0.6) is 0 Å². The molecule has 0 aliphatic rings. The predicted molar refractivity (Wildman–Crippen MR) is 43.3 cm³/mol. The second-order valence-corrected chi connectivity index (χ2v) is 11.2. The van der Waals surface area contributed by atoms with Gasteiger partial charge in [0.05, 0.1) is 0 Å². The van der Waals surface area contributed by atoms with Crippen LogP contribution in [0.1, 0.15) is 13.8 Å². The summed E-state index contributed by atoms with van der Waals surface area (Å²) in [5.41, 5.74) is 0. The quantitative estimate of drug-likeness (QED) is 0.323. The van der Waals surface area contributed by atoms with Crippen molar-refractivity contribution in [1.82, 2.24) is 0 Å². The summed E-state index contributed by atoms with van der Waals surface area (Å²) in [5, 5.41) is 0. The molecule has 0 bridgehead atoms. The predicted octanol–water partition coefficient (Wildman–Crippen LogP) is 2.99. The number of hydrogen-bond acceptors (Lipinski definition) is 0. The van der Waals surface area contributed by atoms with Crippen LogP contribution < -0.4 is 0 Å². The van der Waals surface area contributed by atoms with Crippen LogP contribution in [0.15, 0.2) is 0 Å². The van der Waals surface area contributed by atoms with Crippen molar-refractivity contribution in [3.05, 3.63) is 0 Å². The minimum Gasteiger partial charge on any atom is -0.166 e. The van der Waals surface area contributed by atoms with Gasteiger partial charge in [-0.15, -0.1) is 11.6 Å². The summed E-state index contributed by atoms with van der Waals surface area (Å²) in [4.78, 5) is 0. The van der Waals surface area contributed by atoms with E-state index >= 15 is 0 Å². The molecule has 8 heavy (non-hydrogen) atoms. The third-order valence-electron chi connectivity index (χ3n) is 1.41. The fourth-order valence-corrected chi connectivity index (χ4v) is 0. The first kappa shape index (κ1) is 8.80. The Morgan fingerprint density at radius 2 is 1.38 bits per heavy atom. The zero-order valence-corrected chi connectivity index (χ0v) is 8.27. The number of rotatable bonds is 1. The Morgan fingerprint density at radius 3 is 1.38 bits per heavy atom. The SMILES string of the molecule is CC(C)(Cl)[Si](C)(C)Cl. The lowest BCUT2D eigenvalue weighted by atomic mass is 10.5. The molecule has 0 heterocycles. The van der Waals surface area contributed by atoms with Gasteiger partial charge in [-0.05, 0) is 13.8 Å². The normalized spacial score (nSPS) is 14.2. The summed E-state index contributed by atoms with van der Waals surface area (Å²) in [6.07, 6.45) is 0. The van der Waals surface area contributed by atoms with E-state index < -0.39 is 7.38 Å². The smallest absolute Gasteiger partial charge is 0.166 e. The van der Waals surface area contributed by atoms with E-state index in [4.69, 9.17) is 22.7 Å². The van der Waals surface area contributed by atoms with Gasteiger partial charge in [-0.1, -0.05) is 13.1 Å². The molecule has 0 N–H and O–H groups in total. The Hall–Kier alpha value is 0.797. The van der Waals surface area contributed by atoms with E-state index in [1.54, 1.807) is 0 Å². The Morgan fingerprint density at radius 1 is 1.25 bits per heavy atom. The summed E-state index contributed by atoms with van der Waals surface area (Å²) in [5.74, 6) is 0. The van der Waals surface area contributed by atoms with E-state index in [0.717, 1.165) is 0 Å². The lowest BCUT2D eigenvalue weighted by Crippen LogP contribution is -2.40. The average Bonchev–Trinajstić information content (AvgIpc) is 1.25. The third kappa shape index (κ3) is 2.38. The van der Waals surface area contributed by atoms with Crippen molar-refractivity contribution in [3.63, 3.8) is 0 Å². The topological polar surface area (TPSA) is 0 Å². The van der Waals surface area contributed by atoms with Crippen molar-refractivity contribution < 1.29 is 0 Å². The summed E-state index contributed by atoms with van der Waals surface area (Å²) in [6.45, 7) is 8.02. The van der Waals surface area contributed by atoms with Crippen molar-refractivity contribution in [2.75, 3.05) is 0 Å². The Kier molecular flexibility index (Phi) is 2.42. The molecule has 0 aromatic carbocycles. The van der Waals surface area contributed by atoms with E-state index in [1.165, 1.54) is 0 Å². The van der Waals surface area contributed by atoms with Crippen LogP contribution in [-0.2, 0) is 0 Å². The van der Waals surface area contributed by atoms with Crippen LogP contribution in [0.3, 0.4) is 0 Å². The van der Waals surface area contributed by atoms with Crippen LogP contribution in [0.25, 0.3) is 0 Å². The molecule has 50 valence electrons. The summed E-state index contributed by atoms with van der Waals surface area (Å²) in [6, 6.07) is 0. The van der Waals surface area contributed by atoms with Gasteiger partial charge in [0.1, 0.15) is 0 Å². The molecule has 0 radical (unpaired) electrons. The summed E-state index contributed by atoms with van der Waals surface area (Å²) < 4.78 is -0.186. The molecule has 0 aromatic rings. The Bertz CT molecular complexity index is 65.4. The molecule has 0 spiro atoms. The van der Waals surface area contributed by atoms with Crippen LogP contribution >= 0.6 is 22.7 Å². The molecule has 0 rings (SSSR count). The molecule has 0 aliphatic carbocycles. The molecule has 0 atom stereocenters. The first-order valence-corrected chi connectivity index (χ1v) is 7.02. The van der Waals surface area contributed by atoms with Crippen molar-refractivity contribution in [2.24, 2.45) is 0 Å². The van der Waals surface area contributed by atoms with Crippen LogP contribution in [0.2, 0.25) is 13.1 Å². The fourth-order valence-electron chi connectivity index (χ4n) is 0. The third-order valence-corrected chi connectivity index (χ3v) is 7.37. The van der Waals surface area contributed by atoms with Crippen LogP contribution in [0.4, 0.5) is 0 Å². The Labute approximate surface area is 61.9 Å². The standard InChI is InChI=1S/C5H12Cl2Si/c1-5(2,6)8(3,4)7/h1-4H3. The number of alkyl halides is 1. The highest BCUT2D eigenvalue weighted by atomic mass is 35.6. The maximum atomic E-state index is 6.02. The van der Waals surface area contributed by atoms with E-state index in [9.17, 15) is 0 Å². The second-order valence-electron chi connectivity index (χ2n) is 2.94. The highest BCUT2D eigenvalue weighted by Crippen LogP contribution is 2.29. The van der Waals surface area contributed by atoms with Crippen molar-refractivity contribution in [1.29, 1.82) is 0 Å². The zero-order valence-electron chi connectivity index (χ0n) is 5.76. The monoisotopic (exact) mass is 170 g/mol. The van der Waals surface area contributed by atoms with Crippen LogP contribution in [-0.4, -0.2) is 11.9 Å². The highest BCUT2D eigenvalue weighted by Gasteiger charge is 2.35. The van der Waals surface area contributed by atoms with E-state index in [0.29, 0.717) is 0 Å². The molecule has 0 fully saturated rings. The minimum absolute atomic E-state index is 0.186. The molecule has 3 heteroatoms. The molecule has 0 nitrogen and oxygen atoms in total. The highest BCUT2D eigenvalue weighted by molar-refractivity contribution is 7.23. The molecule has 0 unspecified atom stereocenters. The van der Waals surface area contributed by atoms with Gasteiger partial charge in [0.15, 0.2) is 7.38 Å². The molecule has 0 aliphatic heterocycles. The molecular formula is C5H12Cl2Si. The van der Waals surface area contributed by atoms with E-state index in [2.05, 4.69) is 0 Å². The number of hydrogen-bond donors (Lipinski definition) is 0. The first-order chi connectivity index (χ1) is 3.25. The molecule has 0 saturated heterocycles. The first-order valence-electron chi connectivity index (χ1n) is 2.63. The number of halogens is 2. The van der Waals surface area contributed by atoms with Gasteiger partial charge >= 0.3 is 0 Å². The van der Waals surface area contributed by atoms with Gasteiger partial charge in [-0.2, -0.15) is 11.1 Å².